The fraction of sp³-hybridized carbons (Fsp3) is 0.261. The zero-order chi connectivity index (χ0) is 23.0. The lowest BCUT2D eigenvalue weighted by molar-refractivity contribution is -0.140. The molecule has 5 nitrogen and oxygen atoms in total. The summed E-state index contributed by atoms with van der Waals surface area (Å²) in [5.41, 5.74) is 1.48. The van der Waals surface area contributed by atoms with Gasteiger partial charge in [-0.15, -0.1) is 11.3 Å². The van der Waals surface area contributed by atoms with Gasteiger partial charge in [0.05, 0.1) is 32.5 Å². The van der Waals surface area contributed by atoms with Crippen LogP contribution in [0.15, 0.2) is 56.8 Å². The SMILES string of the molecule is CC1=C(C(=O)OCC(C)C)C(c2cccs2)n2c(s/c(=C/c3ccc(Cl)c(Cl)c3)c2=O)=N1. The highest BCUT2D eigenvalue weighted by Crippen LogP contribution is 2.33. The number of rotatable bonds is 5. The number of carbonyl (C=O) groups excluding carboxylic acids is 1. The van der Waals surface area contributed by atoms with Gasteiger partial charge in [0.1, 0.15) is 6.04 Å². The second kappa shape index (κ2) is 9.35. The van der Waals surface area contributed by atoms with Gasteiger partial charge in [0.2, 0.25) is 0 Å². The van der Waals surface area contributed by atoms with E-state index in [0.29, 0.717) is 37.3 Å². The van der Waals surface area contributed by atoms with Crippen molar-refractivity contribution in [1.29, 1.82) is 0 Å². The molecule has 166 valence electrons. The molecule has 0 radical (unpaired) electrons. The highest BCUT2D eigenvalue weighted by Gasteiger charge is 2.34. The summed E-state index contributed by atoms with van der Waals surface area (Å²) in [7, 11) is 0. The molecule has 1 atom stereocenters. The molecule has 0 N–H and O–H groups in total. The first-order valence-corrected chi connectivity index (χ1v) is 12.4. The number of hydrogen-bond donors (Lipinski definition) is 0. The van der Waals surface area contributed by atoms with Gasteiger partial charge < -0.3 is 4.74 Å². The monoisotopic (exact) mass is 506 g/mol. The maximum absolute atomic E-state index is 13.5. The zero-order valence-corrected chi connectivity index (χ0v) is 20.7. The van der Waals surface area contributed by atoms with Crippen molar-refractivity contribution in [2.75, 3.05) is 6.61 Å². The van der Waals surface area contributed by atoms with Gasteiger partial charge in [0, 0.05) is 4.88 Å². The van der Waals surface area contributed by atoms with Crippen molar-refractivity contribution in [2.24, 2.45) is 10.9 Å². The molecule has 0 spiro atoms. The normalized spacial score (nSPS) is 16.3. The van der Waals surface area contributed by atoms with Crippen LogP contribution in [-0.4, -0.2) is 17.1 Å². The predicted molar refractivity (Wildman–Crippen MR) is 130 cm³/mol. The molecule has 0 amide bonds. The largest absolute Gasteiger partial charge is 0.462 e. The molecule has 2 aromatic heterocycles. The first-order chi connectivity index (χ1) is 15.3. The third-order valence-corrected chi connectivity index (χ3v) is 7.49. The second-order valence-corrected chi connectivity index (χ2v) is 10.6. The average Bonchev–Trinajstić information content (AvgIpc) is 3.37. The Balaban J connectivity index is 1.87. The van der Waals surface area contributed by atoms with Crippen LogP contribution >= 0.6 is 45.9 Å². The number of aromatic nitrogens is 1. The molecule has 3 aromatic rings. The van der Waals surface area contributed by atoms with E-state index in [1.165, 1.54) is 22.7 Å². The summed E-state index contributed by atoms with van der Waals surface area (Å²) in [5.74, 6) is -0.246. The Kier molecular flexibility index (Phi) is 6.72. The van der Waals surface area contributed by atoms with Crippen LogP contribution in [0.5, 0.6) is 0 Å². The molecule has 0 saturated heterocycles. The van der Waals surface area contributed by atoms with Gasteiger partial charge >= 0.3 is 5.97 Å². The topological polar surface area (TPSA) is 60.7 Å². The van der Waals surface area contributed by atoms with Gasteiger partial charge in [-0.2, -0.15) is 0 Å². The Labute approximate surface area is 202 Å². The van der Waals surface area contributed by atoms with E-state index in [1.807, 2.05) is 31.4 Å². The first kappa shape index (κ1) is 23.0. The number of ether oxygens (including phenoxy) is 1. The molecule has 32 heavy (non-hydrogen) atoms. The molecular weight excluding hydrogens is 487 g/mol. The van der Waals surface area contributed by atoms with Gasteiger partial charge in [0.25, 0.3) is 5.56 Å². The lowest BCUT2D eigenvalue weighted by Gasteiger charge is -2.23. The molecule has 9 heteroatoms. The minimum absolute atomic E-state index is 0.201. The van der Waals surface area contributed by atoms with E-state index >= 15 is 0 Å². The molecule has 0 saturated carbocycles. The average molecular weight is 507 g/mol. The van der Waals surface area contributed by atoms with Gasteiger partial charge in [0.15, 0.2) is 4.80 Å². The van der Waals surface area contributed by atoms with E-state index < -0.39 is 12.0 Å². The van der Waals surface area contributed by atoms with Crippen LogP contribution in [0.2, 0.25) is 10.0 Å². The van der Waals surface area contributed by atoms with Crippen LogP contribution in [0.3, 0.4) is 0 Å². The summed E-state index contributed by atoms with van der Waals surface area (Å²) < 4.78 is 7.60. The summed E-state index contributed by atoms with van der Waals surface area (Å²) in [6.45, 7) is 6.03. The van der Waals surface area contributed by atoms with Crippen molar-refractivity contribution in [3.8, 4) is 0 Å². The van der Waals surface area contributed by atoms with Crippen molar-refractivity contribution < 1.29 is 9.53 Å². The summed E-state index contributed by atoms with van der Waals surface area (Å²) >= 11 is 14.9. The second-order valence-electron chi connectivity index (χ2n) is 7.76. The van der Waals surface area contributed by atoms with Crippen molar-refractivity contribution >= 4 is 57.9 Å². The van der Waals surface area contributed by atoms with Crippen LogP contribution < -0.4 is 14.9 Å². The summed E-state index contributed by atoms with van der Waals surface area (Å²) in [4.78, 5) is 32.5. The number of thiophene rings is 1. The molecule has 1 aromatic carbocycles. The van der Waals surface area contributed by atoms with Crippen molar-refractivity contribution in [1.82, 2.24) is 4.57 Å². The standard InChI is InChI=1S/C23H20Cl2N2O3S2/c1-12(2)11-30-22(29)19-13(3)26-23-27(20(19)17-5-4-8-31-17)21(28)18(32-23)10-14-6-7-15(24)16(25)9-14/h4-10,12,20H,11H2,1-3H3/b18-10+. The van der Waals surface area contributed by atoms with Gasteiger partial charge in [-0.3, -0.25) is 9.36 Å². The molecule has 0 aliphatic carbocycles. The Bertz CT molecular complexity index is 1390. The molecule has 3 heterocycles. The third-order valence-electron chi connectivity index (χ3n) is 4.84. The van der Waals surface area contributed by atoms with E-state index in [1.54, 1.807) is 35.8 Å². The maximum Gasteiger partial charge on any atom is 0.338 e. The number of fused-ring (bicyclic) bond motifs is 1. The van der Waals surface area contributed by atoms with Gasteiger partial charge in [-0.1, -0.05) is 60.5 Å². The lowest BCUT2D eigenvalue weighted by atomic mass is 10.0. The predicted octanol–water partition coefficient (Wildman–Crippen LogP) is 4.80. The van der Waals surface area contributed by atoms with Crippen molar-refractivity contribution in [3.05, 3.63) is 87.2 Å². The minimum Gasteiger partial charge on any atom is -0.462 e. The summed E-state index contributed by atoms with van der Waals surface area (Å²) in [6, 6.07) is 8.43. The summed E-state index contributed by atoms with van der Waals surface area (Å²) in [6.07, 6.45) is 1.76. The molecule has 0 bridgehead atoms. The van der Waals surface area contributed by atoms with Crippen LogP contribution in [0, 0.1) is 5.92 Å². The summed E-state index contributed by atoms with van der Waals surface area (Å²) in [5, 5.41) is 2.78. The molecule has 1 unspecified atom stereocenters. The molecular formula is C23H20Cl2N2O3S2. The zero-order valence-electron chi connectivity index (χ0n) is 17.6. The minimum atomic E-state index is -0.582. The van der Waals surface area contributed by atoms with Crippen LogP contribution in [0.25, 0.3) is 6.08 Å². The van der Waals surface area contributed by atoms with E-state index in [2.05, 4.69) is 4.99 Å². The van der Waals surface area contributed by atoms with Gasteiger partial charge in [-0.25, -0.2) is 9.79 Å². The van der Waals surface area contributed by atoms with Crippen molar-refractivity contribution in [2.45, 2.75) is 26.8 Å². The molecule has 4 rings (SSSR count). The quantitative estimate of drug-likeness (QED) is 0.466. The fourth-order valence-corrected chi connectivity index (χ4v) is 5.55. The van der Waals surface area contributed by atoms with Crippen LogP contribution in [0.1, 0.15) is 37.3 Å². The first-order valence-electron chi connectivity index (χ1n) is 9.94. The Morgan fingerprint density at radius 1 is 1.28 bits per heavy atom. The highest BCUT2D eigenvalue weighted by molar-refractivity contribution is 7.10. The number of allylic oxidation sites excluding steroid dienone is 1. The van der Waals surface area contributed by atoms with E-state index in [4.69, 9.17) is 27.9 Å². The Morgan fingerprint density at radius 2 is 2.06 bits per heavy atom. The number of carbonyl (C=O) groups is 1. The van der Waals surface area contributed by atoms with E-state index in [-0.39, 0.29) is 11.5 Å². The molecule has 1 aliphatic heterocycles. The maximum atomic E-state index is 13.5. The van der Waals surface area contributed by atoms with Crippen LogP contribution in [0.4, 0.5) is 0 Å². The molecule has 1 aliphatic rings. The lowest BCUT2D eigenvalue weighted by Crippen LogP contribution is -2.39. The fourth-order valence-electron chi connectivity index (χ4n) is 3.37. The number of halogens is 2. The number of hydrogen-bond acceptors (Lipinski definition) is 6. The van der Waals surface area contributed by atoms with E-state index in [9.17, 15) is 9.59 Å². The Hall–Kier alpha value is -2.19. The number of benzene rings is 1. The Morgan fingerprint density at radius 3 is 2.72 bits per heavy atom. The number of thiazole rings is 1. The van der Waals surface area contributed by atoms with E-state index in [0.717, 1.165) is 10.4 Å². The smallest absolute Gasteiger partial charge is 0.338 e. The van der Waals surface area contributed by atoms with Crippen molar-refractivity contribution in [3.63, 3.8) is 0 Å². The molecule has 0 fully saturated rings. The third kappa shape index (κ3) is 4.48. The highest BCUT2D eigenvalue weighted by atomic mass is 35.5. The van der Waals surface area contributed by atoms with Gasteiger partial charge in [-0.05, 0) is 48.1 Å². The van der Waals surface area contributed by atoms with Crippen LogP contribution in [-0.2, 0) is 9.53 Å². The number of nitrogens with zero attached hydrogens (tertiary/aromatic N) is 2. The number of esters is 1.